The Hall–Kier alpha value is -0.720. The molecule has 1 aromatic carbocycles. The fourth-order valence-electron chi connectivity index (χ4n) is 2.57. The molecule has 0 aliphatic heterocycles. The van der Waals surface area contributed by atoms with Crippen molar-refractivity contribution in [1.82, 2.24) is 4.72 Å². The van der Waals surface area contributed by atoms with E-state index in [-0.39, 0.29) is 0 Å². The van der Waals surface area contributed by atoms with E-state index in [2.05, 4.69) is 16.3 Å². The minimum absolute atomic E-state index is 0.302. The van der Waals surface area contributed by atoms with Gasteiger partial charge in [-0.05, 0) is 56.8 Å². The van der Waals surface area contributed by atoms with Crippen LogP contribution in [0.2, 0.25) is 0 Å². The molecule has 0 amide bonds. The zero-order valence-electron chi connectivity index (χ0n) is 11.9. The first kappa shape index (κ1) is 15.7. The van der Waals surface area contributed by atoms with Gasteiger partial charge in [-0.1, -0.05) is 6.42 Å². The molecule has 0 aromatic heterocycles. The third-order valence-corrected chi connectivity index (χ3v) is 6.29. The van der Waals surface area contributed by atoms with Gasteiger partial charge < -0.3 is 5.32 Å². The first-order chi connectivity index (χ1) is 9.55. The molecule has 1 aromatic rings. The lowest BCUT2D eigenvalue weighted by Gasteiger charge is -2.29. The summed E-state index contributed by atoms with van der Waals surface area (Å²) >= 11 is 1.94. The summed E-state index contributed by atoms with van der Waals surface area (Å²) in [6.45, 7) is 0. The molecule has 20 heavy (non-hydrogen) atoms. The Balaban J connectivity index is 2.00. The number of rotatable bonds is 5. The fourth-order valence-corrected chi connectivity index (χ4v) is 4.13. The molecular weight excluding hydrogens is 292 g/mol. The van der Waals surface area contributed by atoms with Crippen molar-refractivity contribution in [2.45, 2.75) is 41.9 Å². The molecule has 1 aliphatic rings. The van der Waals surface area contributed by atoms with E-state index in [1.54, 1.807) is 12.1 Å². The Morgan fingerprint density at radius 1 is 1.20 bits per heavy atom. The summed E-state index contributed by atoms with van der Waals surface area (Å²) in [7, 11) is -1.92. The molecule has 4 nitrogen and oxygen atoms in total. The molecule has 112 valence electrons. The molecular formula is C14H22N2O2S2. The maximum atomic E-state index is 11.6. The maximum absolute atomic E-state index is 11.6. The summed E-state index contributed by atoms with van der Waals surface area (Å²) < 4.78 is 25.6. The van der Waals surface area contributed by atoms with Crippen LogP contribution < -0.4 is 10.0 Å². The number of thioether (sulfide) groups is 1. The summed E-state index contributed by atoms with van der Waals surface area (Å²) in [5.41, 5.74) is 0.992. The molecule has 0 heterocycles. The average molecular weight is 314 g/mol. The van der Waals surface area contributed by atoms with Gasteiger partial charge in [-0.3, -0.25) is 0 Å². The standard InChI is InChI=1S/C14H22N2O2S2/c1-15-20(17,18)14-8-6-11(7-9-14)16-12-4-3-5-13(10-12)19-2/h6-9,12-13,15-16H,3-5,10H2,1-2H3. The third kappa shape index (κ3) is 3.90. The van der Waals surface area contributed by atoms with Crippen LogP contribution in [0.15, 0.2) is 29.2 Å². The lowest BCUT2D eigenvalue weighted by atomic mass is 9.95. The van der Waals surface area contributed by atoms with Crippen LogP contribution in [0, 0.1) is 0 Å². The monoisotopic (exact) mass is 314 g/mol. The second kappa shape index (κ2) is 6.83. The van der Waals surface area contributed by atoms with Gasteiger partial charge in [0, 0.05) is 17.0 Å². The summed E-state index contributed by atoms with van der Waals surface area (Å²) in [6, 6.07) is 7.46. The average Bonchev–Trinajstić information content (AvgIpc) is 2.48. The molecule has 2 unspecified atom stereocenters. The van der Waals surface area contributed by atoms with Crippen molar-refractivity contribution in [2.24, 2.45) is 0 Å². The minimum Gasteiger partial charge on any atom is -0.382 e. The third-order valence-electron chi connectivity index (χ3n) is 3.76. The van der Waals surface area contributed by atoms with Crippen molar-refractivity contribution in [3.05, 3.63) is 24.3 Å². The number of benzene rings is 1. The molecule has 2 N–H and O–H groups in total. The SMILES string of the molecule is CNS(=O)(=O)c1ccc(NC2CCCC(SC)C2)cc1. The Labute approximate surface area is 125 Å². The lowest BCUT2D eigenvalue weighted by Crippen LogP contribution is -2.28. The molecule has 1 fully saturated rings. The predicted molar refractivity (Wildman–Crippen MR) is 85.9 cm³/mol. The van der Waals surface area contributed by atoms with E-state index in [4.69, 9.17) is 0 Å². The van der Waals surface area contributed by atoms with Gasteiger partial charge in [0.1, 0.15) is 0 Å². The van der Waals surface area contributed by atoms with E-state index in [1.165, 1.54) is 32.7 Å². The molecule has 2 atom stereocenters. The van der Waals surface area contributed by atoms with Crippen molar-refractivity contribution in [3.63, 3.8) is 0 Å². The zero-order valence-corrected chi connectivity index (χ0v) is 13.6. The molecule has 1 aliphatic carbocycles. The van der Waals surface area contributed by atoms with Gasteiger partial charge in [0.2, 0.25) is 10.0 Å². The molecule has 0 bridgehead atoms. The van der Waals surface area contributed by atoms with E-state index in [1.807, 2.05) is 23.9 Å². The molecule has 0 saturated heterocycles. The van der Waals surface area contributed by atoms with E-state index < -0.39 is 10.0 Å². The molecule has 2 rings (SSSR count). The van der Waals surface area contributed by atoms with Crippen LogP contribution in [-0.2, 0) is 10.0 Å². The van der Waals surface area contributed by atoms with Gasteiger partial charge in [-0.2, -0.15) is 11.8 Å². The molecule has 6 heteroatoms. The van der Waals surface area contributed by atoms with Crippen LogP contribution in [-0.4, -0.2) is 33.0 Å². The lowest BCUT2D eigenvalue weighted by molar-refractivity contribution is 0.473. The highest BCUT2D eigenvalue weighted by molar-refractivity contribution is 7.99. The van der Waals surface area contributed by atoms with Crippen molar-refractivity contribution in [3.8, 4) is 0 Å². The number of anilines is 1. The van der Waals surface area contributed by atoms with E-state index in [0.29, 0.717) is 10.9 Å². The van der Waals surface area contributed by atoms with Crippen LogP contribution >= 0.6 is 11.8 Å². The number of sulfonamides is 1. The summed E-state index contributed by atoms with van der Waals surface area (Å²) in [4.78, 5) is 0.302. The largest absolute Gasteiger partial charge is 0.382 e. The van der Waals surface area contributed by atoms with Crippen molar-refractivity contribution in [1.29, 1.82) is 0 Å². The summed E-state index contributed by atoms with van der Waals surface area (Å²) in [5, 5.41) is 4.25. The van der Waals surface area contributed by atoms with Gasteiger partial charge in [0.15, 0.2) is 0 Å². The number of hydrogen-bond donors (Lipinski definition) is 2. The van der Waals surface area contributed by atoms with Gasteiger partial charge in [0.25, 0.3) is 0 Å². The quantitative estimate of drug-likeness (QED) is 0.877. The van der Waals surface area contributed by atoms with Gasteiger partial charge in [-0.15, -0.1) is 0 Å². The summed E-state index contributed by atoms with van der Waals surface area (Å²) in [5.74, 6) is 0. The highest BCUT2D eigenvalue weighted by Gasteiger charge is 2.21. The first-order valence-electron chi connectivity index (χ1n) is 6.88. The van der Waals surface area contributed by atoms with Gasteiger partial charge in [0.05, 0.1) is 4.90 Å². The fraction of sp³-hybridized carbons (Fsp3) is 0.571. The van der Waals surface area contributed by atoms with Crippen LogP contribution in [0.25, 0.3) is 0 Å². The first-order valence-corrected chi connectivity index (χ1v) is 9.65. The van der Waals surface area contributed by atoms with Crippen LogP contribution in [0.5, 0.6) is 0 Å². The number of hydrogen-bond acceptors (Lipinski definition) is 4. The normalized spacial score (nSPS) is 23.5. The maximum Gasteiger partial charge on any atom is 0.240 e. The Bertz CT molecular complexity index is 529. The Kier molecular flexibility index (Phi) is 5.35. The van der Waals surface area contributed by atoms with Gasteiger partial charge in [-0.25, -0.2) is 13.1 Å². The van der Waals surface area contributed by atoms with E-state index in [0.717, 1.165) is 10.9 Å². The molecule has 0 radical (unpaired) electrons. The zero-order chi connectivity index (χ0) is 14.6. The number of nitrogens with one attached hydrogen (secondary N) is 2. The predicted octanol–water partition coefficient (Wildman–Crippen LogP) is 2.68. The van der Waals surface area contributed by atoms with Crippen molar-refractivity contribution < 1.29 is 8.42 Å². The highest BCUT2D eigenvalue weighted by atomic mass is 32.2. The van der Waals surface area contributed by atoms with Crippen molar-refractivity contribution >= 4 is 27.5 Å². The smallest absolute Gasteiger partial charge is 0.240 e. The van der Waals surface area contributed by atoms with Crippen LogP contribution in [0.3, 0.4) is 0 Å². The Morgan fingerprint density at radius 3 is 2.50 bits per heavy atom. The second-order valence-corrected chi connectivity index (χ2v) is 8.12. The van der Waals surface area contributed by atoms with Crippen LogP contribution in [0.1, 0.15) is 25.7 Å². The van der Waals surface area contributed by atoms with Crippen molar-refractivity contribution in [2.75, 3.05) is 18.6 Å². The molecule has 0 spiro atoms. The highest BCUT2D eigenvalue weighted by Crippen LogP contribution is 2.29. The minimum atomic E-state index is -3.34. The molecule has 1 saturated carbocycles. The second-order valence-electron chi connectivity index (χ2n) is 5.10. The van der Waals surface area contributed by atoms with Crippen LogP contribution in [0.4, 0.5) is 5.69 Å². The topological polar surface area (TPSA) is 58.2 Å². The van der Waals surface area contributed by atoms with E-state index in [9.17, 15) is 8.42 Å². The summed E-state index contributed by atoms with van der Waals surface area (Å²) in [6.07, 6.45) is 7.10. The Morgan fingerprint density at radius 2 is 1.90 bits per heavy atom. The van der Waals surface area contributed by atoms with E-state index >= 15 is 0 Å². The van der Waals surface area contributed by atoms with Gasteiger partial charge >= 0.3 is 0 Å².